The molecule has 114 valence electrons. The van der Waals surface area contributed by atoms with Crippen molar-refractivity contribution >= 4 is 5.97 Å². The van der Waals surface area contributed by atoms with Gasteiger partial charge in [-0.15, -0.1) is 0 Å². The Hall–Kier alpha value is -2.70. The lowest BCUT2D eigenvalue weighted by Gasteiger charge is -2.11. The van der Waals surface area contributed by atoms with Crippen molar-refractivity contribution < 1.29 is 9.90 Å². The molecule has 0 radical (unpaired) electrons. The minimum absolute atomic E-state index is 0.133. The van der Waals surface area contributed by atoms with Crippen LogP contribution in [0.2, 0.25) is 0 Å². The van der Waals surface area contributed by atoms with E-state index >= 15 is 0 Å². The molecule has 2 aromatic heterocycles. The fourth-order valence-electron chi connectivity index (χ4n) is 2.25. The van der Waals surface area contributed by atoms with Crippen LogP contribution in [0, 0.1) is 12.8 Å². The Kier molecular flexibility index (Phi) is 3.40. The Morgan fingerprint density at radius 1 is 1.36 bits per heavy atom. The number of hydrogen-bond acceptors (Lipinski definition) is 4. The molecule has 0 aromatic carbocycles. The number of carboxylic acids is 1. The zero-order chi connectivity index (χ0) is 15.9. The molecule has 1 aliphatic rings. The summed E-state index contributed by atoms with van der Waals surface area (Å²) in [6.07, 6.45) is 4.68. The number of aryl methyl sites for hydroxylation is 1. The third-order valence-electron chi connectivity index (χ3n) is 3.66. The smallest absolute Gasteiger partial charge is 0.342 e. The first-order valence-electron chi connectivity index (χ1n) is 7.00. The van der Waals surface area contributed by atoms with Gasteiger partial charge in [0.05, 0.1) is 0 Å². The molecule has 0 amide bonds. The average molecular weight is 301 g/mol. The van der Waals surface area contributed by atoms with Crippen molar-refractivity contribution in [2.75, 3.05) is 0 Å². The number of aromatic nitrogens is 3. The first-order valence-corrected chi connectivity index (χ1v) is 7.00. The van der Waals surface area contributed by atoms with Gasteiger partial charge in [0.2, 0.25) is 0 Å². The summed E-state index contributed by atoms with van der Waals surface area (Å²) in [6, 6.07) is 3.25. The first-order chi connectivity index (χ1) is 10.5. The van der Waals surface area contributed by atoms with E-state index in [-0.39, 0.29) is 5.82 Å². The largest absolute Gasteiger partial charge is 0.477 e. The Morgan fingerprint density at radius 2 is 2.09 bits per heavy atom. The molecule has 7 heteroatoms. The summed E-state index contributed by atoms with van der Waals surface area (Å²) in [4.78, 5) is 40.1. The Morgan fingerprint density at radius 3 is 2.64 bits per heavy atom. The molecule has 0 aliphatic heterocycles. The summed E-state index contributed by atoms with van der Waals surface area (Å²) in [5.41, 5.74) is -0.966. The number of pyridine rings is 1. The van der Waals surface area contributed by atoms with Gasteiger partial charge >= 0.3 is 11.7 Å². The van der Waals surface area contributed by atoms with Crippen LogP contribution in [0.15, 0.2) is 34.1 Å². The molecule has 0 bridgehead atoms. The lowest BCUT2D eigenvalue weighted by molar-refractivity contribution is 0.0693. The minimum atomic E-state index is -1.35. The van der Waals surface area contributed by atoms with Gasteiger partial charge in [-0.25, -0.2) is 19.1 Å². The number of carbonyl (C=O) groups is 1. The molecule has 0 saturated heterocycles. The van der Waals surface area contributed by atoms with Gasteiger partial charge in [-0.3, -0.25) is 9.36 Å². The average Bonchev–Trinajstić information content (AvgIpc) is 3.28. The summed E-state index contributed by atoms with van der Waals surface area (Å²) < 4.78 is 2.12. The zero-order valence-corrected chi connectivity index (χ0v) is 12.0. The molecule has 0 spiro atoms. The van der Waals surface area contributed by atoms with E-state index in [9.17, 15) is 19.5 Å². The molecule has 3 rings (SSSR count). The lowest BCUT2D eigenvalue weighted by Crippen LogP contribution is -2.42. The van der Waals surface area contributed by atoms with Crippen LogP contribution in [-0.4, -0.2) is 25.2 Å². The van der Waals surface area contributed by atoms with E-state index in [0.717, 1.165) is 29.2 Å². The van der Waals surface area contributed by atoms with Gasteiger partial charge in [0.25, 0.3) is 5.56 Å². The molecule has 1 fully saturated rings. The van der Waals surface area contributed by atoms with E-state index in [1.54, 1.807) is 6.07 Å². The summed E-state index contributed by atoms with van der Waals surface area (Å²) in [6.45, 7) is 2.25. The van der Waals surface area contributed by atoms with Crippen molar-refractivity contribution in [3.8, 4) is 5.82 Å². The Labute approximate surface area is 125 Å². The fourth-order valence-corrected chi connectivity index (χ4v) is 2.25. The summed E-state index contributed by atoms with van der Waals surface area (Å²) in [7, 11) is 0. The third-order valence-corrected chi connectivity index (χ3v) is 3.66. The van der Waals surface area contributed by atoms with Crippen LogP contribution in [0.1, 0.15) is 28.8 Å². The Bertz CT molecular complexity index is 845. The van der Waals surface area contributed by atoms with E-state index in [1.165, 1.54) is 16.8 Å². The maximum absolute atomic E-state index is 12.5. The van der Waals surface area contributed by atoms with Crippen molar-refractivity contribution in [2.45, 2.75) is 26.3 Å². The van der Waals surface area contributed by atoms with Gasteiger partial charge in [-0.1, -0.05) is 6.07 Å². The number of rotatable bonds is 4. The van der Waals surface area contributed by atoms with Gasteiger partial charge in [0.1, 0.15) is 11.4 Å². The van der Waals surface area contributed by atoms with Crippen molar-refractivity contribution in [3.63, 3.8) is 0 Å². The van der Waals surface area contributed by atoms with Crippen LogP contribution < -0.4 is 11.2 Å². The zero-order valence-electron chi connectivity index (χ0n) is 12.0. The second kappa shape index (κ2) is 5.25. The van der Waals surface area contributed by atoms with Crippen molar-refractivity contribution in [3.05, 3.63) is 56.5 Å². The summed E-state index contributed by atoms with van der Waals surface area (Å²) in [5.74, 6) is -0.847. The quantitative estimate of drug-likeness (QED) is 0.902. The maximum atomic E-state index is 12.5. The molecular formula is C15H15N3O4. The highest BCUT2D eigenvalue weighted by atomic mass is 16.4. The molecular weight excluding hydrogens is 286 g/mol. The normalized spacial score (nSPS) is 14.0. The summed E-state index contributed by atoms with van der Waals surface area (Å²) in [5, 5.41) is 9.20. The first kappa shape index (κ1) is 14.2. The molecule has 0 unspecified atom stereocenters. The van der Waals surface area contributed by atoms with Gasteiger partial charge in [-0.2, -0.15) is 0 Å². The molecule has 0 atom stereocenters. The highest BCUT2D eigenvalue weighted by molar-refractivity contribution is 5.86. The standard InChI is InChI=1S/C15H15N3O4/c1-9-2-5-12(16-6-9)18-13(19)11(14(20)21)8-17(15(18)22)7-10-3-4-10/h2,5-6,8,10H,3-4,7H2,1H3,(H,20,21). The monoisotopic (exact) mass is 301 g/mol. The topological polar surface area (TPSA) is 94.2 Å². The van der Waals surface area contributed by atoms with E-state index < -0.39 is 22.8 Å². The predicted octanol–water partition coefficient (Wildman–Crippen LogP) is 0.811. The highest BCUT2D eigenvalue weighted by Crippen LogP contribution is 2.30. The molecule has 1 saturated carbocycles. The van der Waals surface area contributed by atoms with E-state index in [2.05, 4.69) is 4.98 Å². The number of nitrogens with zero attached hydrogens (tertiary/aromatic N) is 3. The molecule has 1 aliphatic carbocycles. The second-order valence-electron chi connectivity index (χ2n) is 5.56. The van der Waals surface area contributed by atoms with Gasteiger partial charge < -0.3 is 5.11 Å². The van der Waals surface area contributed by atoms with Crippen LogP contribution in [0.3, 0.4) is 0 Å². The van der Waals surface area contributed by atoms with Gasteiger partial charge in [0, 0.05) is 18.9 Å². The molecule has 1 N–H and O–H groups in total. The number of carboxylic acid groups (broad SMARTS) is 1. The van der Waals surface area contributed by atoms with Crippen molar-refractivity contribution in [1.29, 1.82) is 0 Å². The molecule has 7 nitrogen and oxygen atoms in total. The maximum Gasteiger partial charge on any atom is 0.342 e. The van der Waals surface area contributed by atoms with Crippen molar-refractivity contribution in [1.82, 2.24) is 14.1 Å². The second-order valence-corrected chi connectivity index (χ2v) is 5.56. The van der Waals surface area contributed by atoms with Crippen LogP contribution in [-0.2, 0) is 6.54 Å². The van der Waals surface area contributed by atoms with Crippen LogP contribution in [0.5, 0.6) is 0 Å². The van der Waals surface area contributed by atoms with Crippen LogP contribution in [0.4, 0.5) is 0 Å². The van der Waals surface area contributed by atoms with E-state index in [1.807, 2.05) is 6.92 Å². The third kappa shape index (κ3) is 2.57. The SMILES string of the molecule is Cc1ccc(-n2c(=O)c(C(=O)O)cn(CC3CC3)c2=O)nc1. The lowest BCUT2D eigenvalue weighted by atomic mass is 10.3. The highest BCUT2D eigenvalue weighted by Gasteiger charge is 2.25. The number of aromatic carboxylic acids is 1. The van der Waals surface area contributed by atoms with Crippen LogP contribution in [0.25, 0.3) is 5.82 Å². The van der Waals surface area contributed by atoms with E-state index in [0.29, 0.717) is 12.5 Å². The fraction of sp³-hybridized carbons (Fsp3) is 0.333. The predicted molar refractivity (Wildman–Crippen MR) is 78.5 cm³/mol. The number of hydrogen-bond donors (Lipinski definition) is 1. The minimum Gasteiger partial charge on any atom is -0.477 e. The molecule has 2 heterocycles. The molecule has 22 heavy (non-hydrogen) atoms. The van der Waals surface area contributed by atoms with Crippen LogP contribution >= 0.6 is 0 Å². The summed E-state index contributed by atoms with van der Waals surface area (Å²) >= 11 is 0. The Balaban J connectivity index is 2.24. The van der Waals surface area contributed by atoms with Gasteiger partial charge in [-0.05, 0) is 37.3 Å². The van der Waals surface area contributed by atoms with Crippen molar-refractivity contribution in [2.24, 2.45) is 5.92 Å². The van der Waals surface area contributed by atoms with Gasteiger partial charge in [0.15, 0.2) is 0 Å². The molecule has 2 aromatic rings. The van der Waals surface area contributed by atoms with E-state index in [4.69, 9.17) is 0 Å².